The normalized spacial score (nSPS) is 10.3. The predicted molar refractivity (Wildman–Crippen MR) is 68.8 cm³/mol. The van der Waals surface area contributed by atoms with Crippen molar-refractivity contribution in [2.45, 2.75) is 33.7 Å². The van der Waals surface area contributed by atoms with Crippen molar-refractivity contribution in [3.63, 3.8) is 0 Å². The largest absolute Gasteiger partial charge is 0.394 e. The van der Waals surface area contributed by atoms with E-state index in [-0.39, 0.29) is 5.91 Å². The Bertz CT molecular complexity index is 385. The Morgan fingerprint density at radius 1 is 1.47 bits per heavy atom. The Kier molecular flexibility index (Phi) is 4.81. The molecule has 0 saturated carbocycles. The first-order chi connectivity index (χ1) is 8.10. The summed E-state index contributed by atoms with van der Waals surface area (Å²) in [6.45, 7) is 7.74. The number of aryl methyl sites for hydroxylation is 2. The second-order valence-corrected chi connectivity index (χ2v) is 3.79. The minimum absolute atomic E-state index is 0.0397. The number of nitrogens with one attached hydrogen (secondary N) is 2. The highest BCUT2D eigenvalue weighted by molar-refractivity contribution is 5.76. The van der Waals surface area contributed by atoms with Crippen LogP contribution in [0.25, 0.3) is 0 Å². The third-order valence-corrected chi connectivity index (χ3v) is 2.49. The summed E-state index contributed by atoms with van der Waals surface area (Å²) in [5.74, 6) is 0.840. The second-order valence-electron chi connectivity index (χ2n) is 3.79. The SMILES string of the molecule is CCNC(=O)CCNc1c(N)c(C)nn1CC. The van der Waals surface area contributed by atoms with Crippen LogP contribution in [0.5, 0.6) is 0 Å². The van der Waals surface area contributed by atoms with Crippen molar-refractivity contribution in [1.29, 1.82) is 0 Å². The number of nitrogens with two attached hydrogens (primary N) is 1. The molecule has 0 atom stereocenters. The average molecular weight is 239 g/mol. The smallest absolute Gasteiger partial charge is 0.221 e. The third kappa shape index (κ3) is 3.37. The highest BCUT2D eigenvalue weighted by Gasteiger charge is 2.11. The maximum absolute atomic E-state index is 11.3. The van der Waals surface area contributed by atoms with Gasteiger partial charge in [0.2, 0.25) is 5.91 Å². The third-order valence-electron chi connectivity index (χ3n) is 2.49. The maximum Gasteiger partial charge on any atom is 0.221 e. The van der Waals surface area contributed by atoms with E-state index in [9.17, 15) is 4.79 Å². The molecule has 96 valence electrons. The van der Waals surface area contributed by atoms with Crippen LogP contribution < -0.4 is 16.4 Å². The van der Waals surface area contributed by atoms with E-state index in [1.807, 2.05) is 25.5 Å². The van der Waals surface area contributed by atoms with E-state index >= 15 is 0 Å². The summed E-state index contributed by atoms with van der Waals surface area (Å²) in [5.41, 5.74) is 7.38. The Morgan fingerprint density at radius 3 is 2.76 bits per heavy atom. The second kappa shape index (κ2) is 6.12. The van der Waals surface area contributed by atoms with Crippen molar-refractivity contribution in [3.05, 3.63) is 5.69 Å². The first-order valence-corrected chi connectivity index (χ1v) is 5.93. The van der Waals surface area contributed by atoms with Crippen molar-refractivity contribution in [1.82, 2.24) is 15.1 Å². The first-order valence-electron chi connectivity index (χ1n) is 5.93. The van der Waals surface area contributed by atoms with Gasteiger partial charge in [-0.15, -0.1) is 0 Å². The molecule has 0 radical (unpaired) electrons. The van der Waals surface area contributed by atoms with E-state index in [4.69, 9.17) is 5.73 Å². The molecule has 0 spiro atoms. The lowest BCUT2D eigenvalue weighted by molar-refractivity contribution is -0.120. The van der Waals surface area contributed by atoms with E-state index in [0.29, 0.717) is 25.2 Å². The fourth-order valence-electron chi connectivity index (χ4n) is 1.59. The summed E-state index contributed by atoms with van der Waals surface area (Å²) in [5, 5.41) is 10.2. The lowest BCUT2D eigenvalue weighted by Crippen LogP contribution is -2.25. The lowest BCUT2D eigenvalue weighted by Gasteiger charge is -2.09. The highest BCUT2D eigenvalue weighted by atomic mass is 16.1. The fourth-order valence-corrected chi connectivity index (χ4v) is 1.59. The predicted octanol–water partition coefficient (Wildman–Crippen LogP) is 0.732. The Labute approximate surface area is 102 Å². The van der Waals surface area contributed by atoms with Gasteiger partial charge in [0.15, 0.2) is 0 Å². The summed E-state index contributed by atoms with van der Waals surface area (Å²) >= 11 is 0. The molecule has 17 heavy (non-hydrogen) atoms. The van der Waals surface area contributed by atoms with Crippen LogP contribution in [-0.4, -0.2) is 28.8 Å². The summed E-state index contributed by atoms with van der Waals surface area (Å²) < 4.78 is 1.81. The number of nitrogen functional groups attached to an aromatic ring is 1. The number of hydrogen-bond acceptors (Lipinski definition) is 4. The van der Waals surface area contributed by atoms with Crippen molar-refractivity contribution in [3.8, 4) is 0 Å². The van der Waals surface area contributed by atoms with Crippen molar-refractivity contribution in [2.75, 3.05) is 24.1 Å². The Morgan fingerprint density at radius 2 is 2.18 bits per heavy atom. The summed E-state index contributed by atoms with van der Waals surface area (Å²) in [4.78, 5) is 11.3. The minimum Gasteiger partial charge on any atom is -0.394 e. The molecule has 0 unspecified atom stereocenters. The number of carbonyl (C=O) groups excluding carboxylic acids is 1. The van der Waals surface area contributed by atoms with Crippen LogP contribution in [-0.2, 0) is 11.3 Å². The van der Waals surface area contributed by atoms with Crippen LogP contribution in [0, 0.1) is 6.92 Å². The molecular formula is C11H21N5O. The number of rotatable bonds is 6. The average Bonchev–Trinajstić information content (AvgIpc) is 2.57. The lowest BCUT2D eigenvalue weighted by atomic mass is 10.3. The molecule has 1 amide bonds. The minimum atomic E-state index is 0.0397. The van der Waals surface area contributed by atoms with Gasteiger partial charge >= 0.3 is 0 Å². The molecule has 0 aliphatic rings. The standard InChI is InChI=1S/C11H21N5O/c1-4-13-9(17)6-7-14-11-10(12)8(3)15-16(11)5-2/h14H,4-7,12H2,1-3H3,(H,13,17). The van der Waals surface area contributed by atoms with Gasteiger partial charge in [-0.25, -0.2) is 4.68 Å². The molecule has 0 aromatic carbocycles. The van der Waals surface area contributed by atoms with Crippen molar-refractivity contribution >= 4 is 17.4 Å². The molecule has 1 rings (SSSR count). The van der Waals surface area contributed by atoms with Crippen LogP contribution in [0.4, 0.5) is 11.5 Å². The van der Waals surface area contributed by atoms with Gasteiger partial charge in [-0.3, -0.25) is 4.79 Å². The van der Waals surface area contributed by atoms with Gasteiger partial charge in [-0.1, -0.05) is 0 Å². The van der Waals surface area contributed by atoms with Gasteiger partial charge in [-0.05, 0) is 20.8 Å². The van der Waals surface area contributed by atoms with E-state index in [1.165, 1.54) is 0 Å². The molecule has 4 N–H and O–H groups in total. The quantitative estimate of drug-likeness (QED) is 0.683. The highest BCUT2D eigenvalue weighted by Crippen LogP contribution is 2.21. The molecule has 0 saturated heterocycles. The van der Waals surface area contributed by atoms with Gasteiger partial charge in [0.1, 0.15) is 5.82 Å². The fraction of sp³-hybridized carbons (Fsp3) is 0.636. The van der Waals surface area contributed by atoms with E-state index in [1.54, 1.807) is 0 Å². The molecule has 1 aromatic heterocycles. The van der Waals surface area contributed by atoms with Crippen LogP contribution in [0.15, 0.2) is 0 Å². The molecular weight excluding hydrogens is 218 g/mol. The zero-order valence-electron chi connectivity index (χ0n) is 10.7. The zero-order chi connectivity index (χ0) is 12.8. The Balaban J connectivity index is 2.54. The summed E-state index contributed by atoms with van der Waals surface area (Å²) in [7, 11) is 0. The topological polar surface area (TPSA) is 85.0 Å². The van der Waals surface area contributed by atoms with E-state index < -0.39 is 0 Å². The number of anilines is 2. The monoisotopic (exact) mass is 239 g/mol. The van der Waals surface area contributed by atoms with Crippen molar-refractivity contribution < 1.29 is 4.79 Å². The molecule has 1 aromatic rings. The van der Waals surface area contributed by atoms with Gasteiger partial charge in [0, 0.05) is 26.1 Å². The van der Waals surface area contributed by atoms with Crippen LogP contribution >= 0.6 is 0 Å². The van der Waals surface area contributed by atoms with Crippen LogP contribution in [0.3, 0.4) is 0 Å². The number of carbonyl (C=O) groups is 1. The van der Waals surface area contributed by atoms with Gasteiger partial charge in [-0.2, -0.15) is 5.10 Å². The number of nitrogens with zero attached hydrogens (tertiary/aromatic N) is 2. The number of hydrogen-bond donors (Lipinski definition) is 3. The molecule has 1 heterocycles. The molecule has 0 bridgehead atoms. The Hall–Kier alpha value is -1.72. The van der Waals surface area contributed by atoms with Crippen LogP contribution in [0.2, 0.25) is 0 Å². The molecule has 0 aliphatic heterocycles. The van der Waals surface area contributed by atoms with E-state index in [0.717, 1.165) is 18.1 Å². The van der Waals surface area contributed by atoms with Gasteiger partial charge < -0.3 is 16.4 Å². The van der Waals surface area contributed by atoms with Crippen molar-refractivity contribution in [2.24, 2.45) is 0 Å². The van der Waals surface area contributed by atoms with Gasteiger partial charge in [0.05, 0.1) is 11.4 Å². The number of aromatic nitrogens is 2. The first kappa shape index (κ1) is 13.3. The molecule has 6 heteroatoms. The zero-order valence-corrected chi connectivity index (χ0v) is 10.7. The summed E-state index contributed by atoms with van der Waals surface area (Å²) in [6.07, 6.45) is 0.432. The molecule has 6 nitrogen and oxygen atoms in total. The molecule has 0 fully saturated rings. The number of amides is 1. The maximum atomic E-state index is 11.3. The molecule has 0 aliphatic carbocycles. The van der Waals surface area contributed by atoms with Gasteiger partial charge in [0.25, 0.3) is 0 Å². The van der Waals surface area contributed by atoms with Crippen LogP contribution in [0.1, 0.15) is 26.0 Å². The summed E-state index contributed by atoms with van der Waals surface area (Å²) in [6, 6.07) is 0. The van der Waals surface area contributed by atoms with E-state index in [2.05, 4.69) is 15.7 Å².